The molecule has 158 valence electrons. The molecular weight excluding hydrogens is 422 g/mol. The van der Waals surface area contributed by atoms with Crippen molar-refractivity contribution in [2.75, 3.05) is 6.56 Å². The number of terminal acetylenes is 1. The van der Waals surface area contributed by atoms with E-state index in [0.717, 1.165) is 6.20 Å². The molecule has 2 aliphatic heterocycles. The number of halogens is 1. The molecule has 0 bridgehead atoms. The zero-order valence-electron chi connectivity index (χ0n) is 17.1. The van der Waals surface area contributed by atoms with Crippen molar-refractivity contribution in [3.05, 3.63) is 62.4 Å². The second kappa shape index (κ2) is 7.50. The van der Waals surface area contributed by atoms with Crippen molar-refractivity contribution in [2.24, 2.45) is 0 Å². The molecule has 3 heterocycles. The van der Waals surface area contributed by atoms with Crippen molar-refractivity contribution in [3.63, 3.8) is 0 Å². The van der Waals surface area contributed by atoms with E-state index in [-0.39, 0.29) is 17.9 Å². The fourth-order valence-electron chi connectivity index (χ4n) is 2.95. The number of rotatable bonds is 4. The second-order valence-corrected chi connectivity index (χ2v) is 7.99. The summed E-state index contributed by atoms with van der Waals surface area (Å²) < 4.78 is 64.9. The highest BCUT2D eigenvalue weighted by molar-refractivity contribution is 7.49. The first-order valence-corrected chi connectivity index (χ1v) is 10.0. The summed E-state index contributed by atoms with van der Waals surface area (Å²) in [6, 6.07) is 6.33. The number of ether oxygens (including phenoxy) is 1. The molecule has 2 aliphatic rings. The van der Waals surface area contributed by atoms with Gasteiger partial charge >= 0.3 is 13.5 Å². The molecule has 2 aromatic rings. The van der Waals surface area contributed by atoms with Gasteiger partial charge in [0, 0.05) is 18.2 Å². The number of aliphatic hydroxyl groups is 1. The first-order valence-electron chi connectivity index (χ1n) is 9.57. The van der Waals surface area contributed by atoms with E-state index in [2.05, 4.69) is 0 Å². The molecule has 0 spiro atoms. The molecule has 1 saturated heterocycles. The maximum absolute atomic E-state index is 15.5. The van der Waals surface area contributed by atoms with E-state index >= 15 is 4.39 Å². The summed E-state index contributed by atoms with van der Waals surface area (Å²) >= 11 is 0. The van der Waals surface area contributed by atoms with Crippen molar-refractivity contribution in [1.82, 2.24) is 9.55 Å². The SMILES string of the molecule is [2H]C([2H])(OP1(=O)OCc2ccccc2O1)[C@]1(F)C[C@@H](O)[C@H](n2cc(C#C)c(=O)[nH]c2=O)O1. The van der Waals surface area contributed by atoms with Gasteiger partial charge in [0.1, 0.15) is 24.0 Å². The van der Waals surface area contributed by atoms with E-state index in [9.17, 15) is 19.3 Å². The number of H-pyrrole nitrogens is 1. The van der Waals surface area contributed by atoms with Crippen LogP contribution in [0.2, 0.25) is 0 Å². The van der Waals surface area contributed by atoms with Gasteiger partial charge in [0.25, 0.3) is 5.56 Å². The number of hydrogen-bond donors (Lipinski definition) is 2. The lowest BCUT2D eigenvalue weighted by molar-refractivity contribution is -0.179. The number of nitrogens with one attached hydrogen (secondary N) is 1. The quantitative estimate of drug-likeness (QED) is 0.536. The zero-order chi connectivity index (χ0) is 23.3. The van der Waals surface area contributed by atoms with Crippen LogP contribution in [0.1, 0.15) is 26.5 Å². The van der Waals surface area contributed by atoms with E-state index < -0.39 is 50.2 Å². The molecule has 4 rings (SSSR count). The summed E-state index contributed by atoms with van der Waals surface area (Å²) in [5.74, 6) is -1.26. The Labute approximate surface area is 171 Å². The Balaban J connectivity index is 1.60. The Morgan fingerprint density at radius 2 is 2.27 bits per heavy atom. The Hall–Kier alpha value is -2.74. The third-order valence-electron chi connectivity index (χ3n) is 4.38. The summed E-state index contributed by atoms with van der Waals surface area (Å²) in [7, 11) is -4.62. The van der Waals surface area contributed by atoms with Gasteiger partial charge in [-0.3, -0.25) is 23.4 Å². The third kappa shape index (κ3) is 3.84. The molecule has 1 aromatic heterocycles. The Morgan fingerprint density at radius 3 is 3.03 bits per heavy atom. The monoisotopic (exact) mass is 440 g/mol. The van der Waals surface area contributed by atoms with Gasteiger partial charge in [0.15, 0.2) is 6.23 Å². The number of hydrogen-bond acceptors (Lipinski definition) is 8. The maximum Gasteiger partial charge on any atom is 0.530 e. The minimum atomic E-state index is -4.62. The van der Waals surface area contributed by atoms with Gasteiger partial charge in [-0.1, -0.05) is 24.1 Å². The number of aromatic nitrogens is 2. The van der Waals surface area contributed by atoms with Gasteiger partial charge in [-0.05, 0) is 6.07 Å². The average molecular weight is 440 g/mol. The molecule has 2 N–H and O–H groups in total. The van der Waals surface area contributed by atoms with Crippen molar-refractivity contribution in [1.29, 1.82) is 0 Å². The lowest BCUT2D eigenvalue weighted by Crippen LogP contribution is -2.37. The van der Waals surface area contributed by atoms with Crippen LogP contribution in [0.25, 0.3) is 0 Å². The molecule has 1 fully saturated rings. The fraction of sp³-hybridized carbons (Fsp3) is 0.333. The number of phosphoric acid groups is 1. The van der Waals surface area contributed by atoms with Crippen molar-refractivity contribution >= 4 is 7.82 Å². The number of aliphatic hydroxyl groups excluding tert-OH is 1. The van der Waals surface area contributed by atoms with E-state index in [0.29, 0.717) is 10.1 Å². The van der Waals surface area contributed by atoms with Crippen LogP contribution >= 0.6 is 7.82 Å². The largest absolute Gasteiger partial charge is 0.530 e. The minimum absolute atomic E-state index is 0.109. The molecular formula is C18H16FN2O8P. The Kier molecular flexibility index (Phi) is 4.52. The molecule has 10 nitrogen and oxygen atoms in total. The van der Waals surface area contributed by atoms with Crippen LogP contribution in [0, 0.1) is 12.3 Å². The number of phosphoric ester groups is 1. The van der Waals surface area contributed by atoms with Crippen molar-refractivity contribution in [3.8, 4) is 18.1 Å². The number of alkyl halides is 1. The zero-order valence-corrected chi connectivity index (χ0v) is 16.0. The third-order valence-corrected chi connectivity index (χ3v) is 5.56. The predicted molar refractivity (Wildman–Crippen MR) is 99.3 cm³/mol. The summed E-state index contributed by atoms with van der Waals surface area (Å²) in [5.41, 5.74) is -1.74. The van der Waals surface area contributed by atoms with Gasteiger partial charge in [-0.2, -0.15) is 0 Å². The second-order valence-electron chi connectivity index (χ2n) is 6.48. The molecule has 0 saturated carbocycles. The lowest BCUT2D eigenvalue weighted by Gasteiger charge is -2.27. The van der Waals surface area contributed by atoms with Gasteiger partial charge in [-0.25, -0.2) is 13.8 Å². The lowest BCUT2D eigenvalue weighted by atomic mass is 10.2. The standard InChI is InChI=1S/C18H16FN2O8P/c1-2-11-8-21(17(24)20-15(11)23)16-13(22)7-18(19,28-16)10-27-30(25)26-9-12-5-3-4-6-14(12)29-30/h1,3-6,8,13,16,22H,7,9-10H2,(H,20,23,24)/t13-,16-,18+,30?/m1/s1/i10D2. The summed E-state index contributed by atoms with van der Waals surface area (Å²) in [6.45, 7) is -3.69. The fourth-order valence-corrected chi connectivity index (χ4v) is 4.06. The topological polar surface area (TPSA) is 129 Å². The van der Waals surface area contributed by atoms with E-state index in [1.807, 2.05) is 10.9 Å². The maximum atomic E-state index is 15.5. The minimum Gasteiger partial charge on any atom is -0.404 e. The van der Waals surface area contributed by atoms with Gasteiger partial charge < -0.3 is 14.4 Å². The molecule has 1 unspecified atom stereocenters. The highest BCUT2D eigenvalue weighted by atomic mass is 31.2. The van der Waals surface area contributed by atoms with Gasteiger partial charge in [0.05, 0.1) is 9.35 Å². The molecule has 0 amide bonds. The van der Waals surface area contributed by atoms with Crippen LogP contribution in [-0.2, 0) is 25.0 Å². The number of fused-ring (bicyclic) bond motifs is 1. The van der Waals surface area contributed by atoms with Crippen LogP contribution < -0.4 is 15.8 Å². The Morgan fingerprint density at radius 1 is 1.50 bits per heavy atom. The molecule has 4 atom stereocenters. The predicted octanol–water partition coefficient (Wildman–Crippen LogP) is 1.20. The first-order chi connectivity index (χ1) is 15.0. The van der Waals surface area contributed by atoms with Crippen LogP contribution in [0.5, 0.6) is 5.75 Å². The van der Waals surface area contributed by atoms with E-state index in [1.54, 1.807) is 18.2 Å². The molecule has 30 heavy (non-hydrogen) atoms. The van der Waals surface area contributed by atoms with Crippen LogP contribution in [0.3, 0.4) is 0 Å². The van der Waals surface area contributed by atoms with Gasteiger partial charge in [-0.15, -0.1) is 6.42 Å². The van der Waals surface area contributed by atoms with Crippen LogP contribution in [-0.4, -0.2) is 33.2 Å². The summed E-state index contributed by atoms with van der Waals surface area (Å²) in [5, 5.41) is 10.3. The number of aromatic amines is 1. The Bertz CT molecular complexity index is 1270. The summed E-state index contributed by atoms with van der Waals surface area (Å²) in [6.07, 6.45) is 1.49. The van der Waals surface area contributed by atoms with Crippen molar-refractivity contribution in [2.45, 2.75) is 31.2 Å². The molecule has 0 radical (unpaired) electrons. The smallest absolute Gasteiger partial charge is 0.404 e. The highest BCUT2D eigenvalue weighted by Gasteiger charge is 2.50. The number of nitrogens with zero attached hydrogens (tertiary/aromatic N) is 1. The molecule has 0 aliphatic carbocycles. The van der Waals surface area contributed by atoms with Gasteiger partial charge in [0.2, 0.25) is 5.85 Å². The summed E-state index contributed by atoms with van der Waals surface area (Å²) in [4.78, 5) is 25.6. The highest BCUT2D eigenvalue weighted by Crippen LogP contribution is 2.55. The first kappa shape index (κ1) is 18.1. The molecule has 1 aromatic carbocycles. The number of benzene rings is 1. The number of para-hydroxylation sites is 1. The molecule has 12 heteroatoms. The normalized spacial score (nSPS) is 31.8. The van der Waals surface area contributed by atoms with Crippen LogP contribution in [0.15, 0.2) is 40.1 Å². The van der Waals surface area contributed by atoms with E-state index in [1.165, 1.54) is 6.07 Å². The van der Waals surface area contributed by atoms with E-state index in [4.69, 9.17) is 27.5 Å². The van der Waals surface area contributed by atoms with Crippen LogP contribution in [0.4, 0.5) is 4.39 Å². The van der Waals surface area contributed by atoms with Crippen molar-refractivity contribution < 1.29 is 35.1 Å². The average Bonchev–Trinajstić information content (AvgIpc) is 3.03.